The number of piperazine rings is 1. The van der Waals surface area contributed by atoms with E-state index < -0.39 is 10.0 Å². The third-order valence-electron chi connectivity index (χ3n) is 4.50. The molecule has 140 valence electrons. The number of hydrogen-bond donors (Lipinski definition) is 1. The molecule has 1 fully saturated rings. The minimum absolute atomic E-state index is 0.0830. The van der Waals surface area contributed by atoms with Crippen LogP contribution in [0.3, 0.4) is 0 Å². The molecule has 1 amide bonds. The van der Waals surface area contributed by atoms with E-state index in [9.17, 15) is 13.2 Å². The number of nitrogens with one attached hydrogen (secondary N) is 1. The first-order valence-corrected chi connectivity index (χ1v) is 10.4. The normalized spacial score (nSPS) is 15.6. The van der Waals surface area contributed by atoms with Gasteiger partial charge in [0.15, 0.2) is 0 Å². The van der Waals surface area contributed by atoms with Crippen LogP contribution in [0.15, 0.2) is 29.2 Å². The molecule has 1 aromatic carbocycles. The minimum atomic E-state index is -3.68. The lowest BCUT2D eigenvalue weighted by Gasteiger charge is -2.30. The van der Waals surface area contributed by atoms with E-state index in [0.717, 1.165) is 32.4 Å². The van der Waals surface area contributed by atoms with Gasteiger partial charge >= 0.3 is 0 Å². The second kappa shape index (κ2) is 9.31. The van der Waals surface area contributed by atoms with Crippen molar-refractivity contribution in [3.8, 4) is 0 Å². The van der Waals surface area contributed by atoms with Crippen molar-refractivity contribution >= 4 is 15.9 Å². The fraction of sp³-hybridized carbons (Fsp3) is 0.611. The highest BCUT2D eigenvalue weighted by molar-refractivity contribution is 7.89. The maximum Gasteiger partial charge on any atom is 0.243 e. The van der Waals surface area contributed by atoms with Gasteiger partial charge in [-0.2, -0.15) is 4.31 Å². The molecule has 1 aliphatic heterocycles. The topological polar surface area (TPSA) is 69.7 Å². The number of carbonyl (C=O) groups is 1. The minimum Gasteiger partial charge on any atom is -0.339 e. The fourth-order valence-electron chi connectivity index (χ4n) is 2.97. The van der Waals surface area contributed by atoms with Crippen LogP contribution < -0.4 is 5.32 Å². The molecule has 1 aromatic rings. The van der Waals surface area contributed by atoms with E-state index in [4.69, 9.17) is 0 Å². The van der Waals surface area contributed by atoms with E-state index in [1.807, 2.05) is 6.07 Å². The first kappa shape index (κ1) is 19.9. The van der Waals surface area contributed by atoms with Gasteiger partial charge in [-0.25, -0.2) is 8.42 Å². The Hall–Kier alpha value is -1.44. The van der Waals surface area contributed by atoms with E-state index in [-0.39, 0.29) is 12.5 Å². The Kier molecular flexibility index (Phi) is 7.40. The highest BCUT2D eigenvalue weighted by atomic mass is 32.2. The summed E-state index contributed by atoms with van der Waals surface area (Å²) >= 11 is 0. The Morgan fingerprint density at radius 2 is 1.88 bits per heavy atom. The third kappa shape index (κ3) is 5.26. The van der Waals surface area contributed by atoms with Crippen LogP contribution in [0, 0.1) is 6.92 Å². The standard InChI is InChI=1S/C18H29N3O3S/c1-3-4-7-12-21(15-18(22)20-13-10-19-11-14-20)25(23,24)17-9-6-5-8-16(17)2/h5-6,8-9,19H,3-4,7,10-15H2,1-2H3. The van der Waals surface area contributed by atoms with Crippen molar-refractivity contribution in [2.45, 2.75) is 38.0 Å². The first-order chi connectivity index (χ1) is 12.0. The van der Waals surface area contributed by atoms with Crippen molar-refractivity contribution in [2.75, 3.05) is 39.3 Å². The van der Waals surface area contributed by atoms with Crippen LogP contribution >= 0.6 is 0 Å². The lowest BCUT2D eigenvalue weighted by Crippen LogP contribution is -2.50. The van der Waals surface area contributed by atoms with Gasteiger partial charge in [-0.3, -0.25) is 4.79 Å². The maximum atomic E-state index is 13.1. The third-order valence-corrected chi connectivity index (χ3v) is 6.51. The molecule has 0 bridgehead atoms. The zero-order valence-electron chi connectivity index (χ0n) is 15.2. The Bertz CT molecular complexity index is 670. The molecule has 0 radical (unpaired) electrons. The largest absolute Gasteiger partial charge is 0.339 e. The zero-order chi connectivity index (χ0) is 18.3. The molecule has 0 aliphatic carbocycles. The number of aryl methyl sites for hydroxylation is 1. The van der Waals surface area contributed by atoms with Gasteiger partial charge in [-0.15, -0.1) is 0 Å². The Balaban J connectivity index is 2.19. The number of carbonyl (C=O) groups excluding carboxylic acids is 1. The molecule has 1 saturated heterocycles. The smallest absolute Gasteiger partial charge is 0.243 e. The maximum absolute atomic E-state index is 13.1. The monoisotopic (exact) mass is 367 g/mol. The van der Waals surface area contributed by atoms with E-state index in [0.29, 0.717) is 30.1 Å². The molecule has 2 rings (SSSR count). The van der Waals surface area contributed by atoms with E-state index >= 15 is 0 Å². The summed E-state index contributed by atoms with van der Waals surface area (Å²) in [6.45, 7) is 6.93. The molecule has 1 N–H and O–H groups in total. The molecule has 0 spiro atoms. The molecule has 7 heteroatoms. The van der Waals surface area contributed by atoms with Crippen LogP contribution in [0.4, 0.5) is 0 Å². The predicted octanol–water partition coefficient (Wildman–Crippen LogP) is 1.61. The van der Waals surface area contributed by atoms with E-state index in [1.54, 1.807) is 30.0 Å². The molecular formula is C18H29N3O3S. The summed E-state index contributed by atoms with van der Waals surface area (Å²) in [5, 5.41) is 3.20. The van der Waals surface area contributed by atoms with Gasteiger partial charge in [-0.05, 0) is 25.0 Å². The van der Waals surface area contributed by atoms with Crippen molar-refractivity contribution in [1.29, 1.82) is 0 Å². The van der Waals surface area contributed by atoms with Crippen LogP contribution in [-0.4, -0.2) is 62.8 Å². The van der Waals surface area contributed by atoms with Crippen LogP contribution in [0.5, 0.6) is 0 Å². The number of sulfonamides is 1. The van der Waals surface area contributed by atoms with Gasteiger partial charge in [0.25, 0.3) is 0 Å². The van der Waals surface area contributed by atoms with Crippen molar-refractivity contribution < 1.29 is 13.2 Å². The van der Waals surface area contributed by atoms with Crippen molar-refractivity contribution in [3.05, 3.63) is 29.8 Å². The number of nitrogens with zero attached hydrogens (tertiary/aromatic N) is 2. The fourth-order valence-corrected chi connectivity index (χ4v) is 4.63. The molecule has 1 aliphatic rings. The zero-order valence-corrected chi connectivity index (χ0v) is 16.0. The Morgan fingerprint density at radius 3 is 2.52 bits per heavy atom. The van der Waals surface area contributed by atoms with E-state index in [1.165, 1.54) is 4.31 Å². The summed E-state index contributed by atoms with van der Waals surface area (Å²) in [4.78, 5) is 14.6. The van der Waals surface area contributed by atoms with Crippen LogP contribution in [-0.2, 0) is 14.8 Å². The molecule has 0 unspecified atom stereocenters. The average molecular weight is 368 g/mol. The number of amides is 1. The number of hydrogen-bond acceptors (Lipinski definition) is 4. The SMILES string of the molecule is CCCCCN(CC(=O)N1CCNCC1)S(=O)(=O)c1ccccc1C. The van der Waals surface area contributed by atoms with Gasteiger partial charge in [0.2, 0.25) is 15.9 Å². The Morgan fingerprint density at radius 1 is 1.20 bits per heavy atom. The molecule has 25 heavy (non-hydrogen) atoms. The van der Waals surface area contributed by atoms with Crippen LogP contribution in [0.2, 0.25) is 0 Å². The van der Waals surface area contributed by atoms with Crippen molar-refractivity contribution in [1.82, 2.24) is 14.5 Å². The number of benzene rings is 1. The highest BCUT2D eigenvalue weighted by Gasteiger charge is 2.29. The van der Waals surface area contributed by atoms with Gasteiger partial charge in [0, 0.05) is 32.7 Å². The quantitative estimate of drug-likeness (QED) is 0.709. The second-order valence-corrected chi connectivity index (χ2v) is 8.35. The molecule has 0 aromatic heterocycles. The van der Waals surface area contributed by atoms with Gasteiger partial charge < -0.3 is 10.2 Å². The molecule has 6 nitrogen and oxygen atoms in total. The van der Waals surface area contributed by atoms with Crippen molar-refractivity contribution in [3.63, 3.8) is 0 Å². The summed E-state index contributed by atoms with van der Waals surface area (Å²) in [6, 6.07) is 6.95. The number of rotatable bonds is 8. The second-order valence-electron chi connectivity index (χ2n) is 6.44. The number of unbranched alkanes of at least 4 members (excludes halogenated alkanes) is 2. The summed E-state index contributed by atoms with van der Waals surface area (Å²) in [6.07, 6.45) is 2.71. The summed E-state index contributed by atoms with van der Waals surface area (Å²) in [7, 11) is -3.68. The van der Waals surface area contributed by atoms with Crippen molar-refractivity contribution in [2.24, 2.45) is 0 Å². The lowest BCUT2D eigenvalue weighted by molar-refractivity contribution is -0.131. The first-order valence-electron chi connectivity index (χ1n) is 9.01. The van der Waals surface area contributed by atoms with Gasteiger partial charge in [-0.1, -0.05) is 38.0 Å². The summed E-state index contributed by atoms with van der Waals surface area (Å²) in [5.74, 6) is -0.116. The van der Waals surface area contributed by atoms with Crippen LogP contribution in [0.25, 0.3) is 0 Å². The predicted molar refractivity (Wildman–Crippen MR) is 98.9 cm³/mol. The molecule has 0 atom stereocenters. The van der Waals surface area contributed by atoms with Gasteiger partial charge in [0.05, 0.1) is 11.4 Å². The summed E-state index contributed by atoms with van der Waals surface area (Å²) < 4.78 is 27.6. The molecular weight excluding hydrogens is 338 g/mol. The van der Waals surface area contributed by atoms with Gasteiger partial charge in [0.1, 0.15) is 0 Å². The summed E-state index contributed by atoms with van der Waals surface area (Å²) in [5.41, 5.74) is 0.706. The Labute approximate surface area is 151 Å². The molecule has 0 saturated carbocycles. The lowest BCUT2D eigenvalue weighted by atomic mass is 10.2. The molecule has 1 heterocycles. The van der Waals surface area contributed by atoms with E-state index in [2.05, 4.69) is 12.2 Å². The van der Waals surface area contributed by atoms with Crippen LogP contribution in [0.1, 0.15) is 31.7 Å². The average Bonchev–Trinajstić information content (AvgIpc) is 2.61. The highest BCUT2D eigenvalue weighted by Crippen LogP contribution is 2.20.